The van der Waals surface area contributed by atoms with Gasteiger partial charge < -0.3 is 5.32 Å². The molecule has 0 aliphatic heterocycles. The Kier molecular flexibility index (Phi) is 6.63. The lowest BCUT2D eigenvalue weighted by molar-refractivity contribution is -0.121. The molecule has 0 aliphatic rings. The number of hydrogen-bond acceptors (Lipinski definition) is 3. The molecule has 5 nitrogen and oxygen atoms in total. The standard InChI is InChI=1S/C17H17Cl2FN2O3S/c1-11(12-3-6-14(20)7-4-12)21-17(23)10-22(2)26(24,25)16-9-13(18)5-8-15(16)19/h3-9,11H,10H2,1-2H3,(H,21,23)/t11-/m1/s1. The highest BCUT2D eigenvalue weighted by molar-refractivity contribution is 7.89. The van der Waals surface area contributed by atoms with Gasteiger partial charge in [0, 0.05) is 12.1 Å². The molecule has 0 aromatic heterocycles. The van der Waals surface area contributed by atoms with Crippen molar-refractivity contribution in [3.05, 3.63) is 63.9 Å². The molecule has 0 heterocycles. The summed E-state index contributed by atoms with van der Waals surface area (Å²) in [5.41, 5.74) is 0.697. The van der Waals surface area contributed by atoms with Gasteiger partial charge >= 0.3 is 0 Å². The van der Waals surface area contributed by atoms with Crippen molar-refractivity contribution in [2.45, 2.75) is 17.9 Å². The van der Waals surface area contributed by atoms with E-state index in [4.69, 9.17) is 23.2 Å². The number of carbonyl (C=O) groups is 1. The van der Waals surface area contributed by atoms with Crippen LogP contribution in [0, 0.1) is 5.82 Å². The monoisotopic (exact) mass is 418 g/mol. The van der Waals surface area contributed by atoms with Gasteiger partial charge in [0.25, 0.3) is 0 Å². The van der Waals surface area contributed by atoms with E-state index in [1.54, 1.807) is 19.1 Å². The van der Waals surface area contributed by atoms with Crippen LogP contribution in [0.15, 0.2) is 47.4 Å². The molecule has 26 heavy (non-hydrogen) atoms. The molecule has 2 aromatic rings. The lowest BCUT2D eigenvalue weighted by Crippen LogP contribution is -2.39. The second-order valence-corrected chi connectivity index (χ2v) is 8.53. The van der Waals surface area contributed by atoms with Crippen molar-refractivity contribution in [3.63, 3.8) is 0 Å². The van der Waals surface area contributed by atoms with E-state index >= 15 is 0 Å². The number of likely N-dealkylation sites (N-methyl/N-ethyl adjacent to an activating group) is 1. The maximum Gasteiger partial charge on any atom is 0.244 e. The Labute approximate surface area is 161 Å². The van der Waals surface area contributed by atoms with Crippen molar-refractivity contribution in [1.29, 1.82) is 0 Å². The highest BCUT2D eigenvalue weighted by Crippen LogP contribution is 2.27. The first-order valence-corrected chi connectivity index (χ1v) is 9.77. The molecule has 0 unspecified atom stereocenters. The second-order valence-electron chi connectivity index (χ2n) is 5.68. The average molecular weight is 419 g/mol. The SMILES string of the molecule is C[C@@H](NC(=O)CN(C)S(=O)(=O)c1cc(Cl)ccc1Cl)c1ccc(F)cc1. The fraction of sp³-hybridized carbons (Fsp3) is 0.235. The Bertz CT molecular complexity index is 905. The zero-order chi connectivity index (χ0) is 19.5. The van der Waals surface area contributed by atoms with Crippen molar-refractivity contribution in [2.24, 2.45) is 0 Å². The Hall–Kier alpha value is -1.67. The number of sulfonamides is 1. The van der Waals surface area contributed by atoms with Crippen LogP contribution in [0.25, 0.3) is 0 Å². The van der Waals surface area contributed by atoms with Gasteiger partial charge in [0.05, 0.1) is 17.6 Å². The van der Waals surface area contributed by atoms with Crippen LogP contribution in [-0.2, 0) is 14.8 Å². The van der Waals surface area contributed by atoms with Crippen LogP contribution in [-0.4, -0.2) is 32.2 Å². The van der Waals surface area contributed by atoms with Gasteiger partial charge in [-0.25, -0.2) is 12.8 Å². The Balaban J connectivity index is 2.08. The average Bonchev–Trinajstić information content (AvgIpc) is 2.57. The highest BCUT2D eigenvalue weighted by Gasteiger charge is 2.26. The van der Waals surface area contributed by atoms with Gasteiger partial charge in [-0.05, 0) is 42.8 Å². The molecule has 0 aliphatic carbocycles. The lowest BCUT2D eigenvalue weighted by Gasteiger charge is -2.20. The summed E-state index contributed by atoms with van der Waals surface area (Å²) >= 11 is 11.8. The first-order valence-electron chi connectivity index (χ1n) is 7.57. The quantitative estimate of drug-likeness (QED) is 0.778. The van der Waals surface area contributed by atoms with Crippen molar-refractivity contribution in [3.8, 4) is 0 Å². The zero-order valence-electron chi connectivity index (χ0n) is 14.0. The van der Waals surface area contributed by atoms with Crippen LogP contribution >= 0.6 is 23.2 Å². The normalized spacial score (nSPS) is 12.8. The molecule has 0 bridgehead atoms. The van der Waals surface area contributed by atoms with Gasteiger partial charge in [-0.3, -0.25) is 4.79 Å². The van der Waals surface area contributed by atoms with Crippen LogP contribution in [0.5, 0.6) is 0 Å². The fourth-order valence-corrected chi connectivity index (χ4v) is 4.11. The largest absolute Gasteiger partial charge is 0.348 e. The van der Waals surface area contributed by atoms with Crippen LogP contribution in [0.3, 0.4) is 0 Å². The van der Waals surface area contributed by atoms with E-state index in [0.29, 0.717) is 5.56 Å². The molecular formula is C17H17Cl2FN2O3S. The third-order valence-corrected chi connectivity index (χ3v) is 6.22. The number of benzene rings is 2. The van der Waals surface area contributed by atoms with E-state index in [0.717, 1.165) is 4.31 Å². The third-order valence-electron chi connectivity index (χ3n) is 3.70. The molecule has 0 radical (unpaired) electrons. The summed E-state index contributed by atoms with van der Waals surface area (Å²) in [4.78, 5) is 12.0. The summed E-state index contributed by atoms with van der Waals surface area (Å²) in [5.74, 6) is -0.887. The van der Waals surface area contributed by atoms with Crippen molar-refractivity contribution < 1.29 is 17.6 Å². The van der Waals surface area contributed by atoms with Gasteiger partial charge in [-0.1, -0.05) is 35.3 Å². The lowest BCUT2D eigenvalue weighted by atomic mass is 10.1. The summed E-state index contributed by atoms with van der Waals surface area (Å²) in [5, 5.41) is 2.90. The van der Waals surface area contributed by atoms with E-state index in [9.17, 15) is 17.6 Å². The van der Waals surface area contributed by atoms with E-state index in [-0.39, 0.29) is 20.8 Å². The maximum atomic E-state index is 13.0. The van der Waals surface area contributed by atoms with Gasteiger partial charge in [0.2, 0.25) is 15.9 Å². The summed E-state index contributed by atoms with van der Waals surface area (Å²) in [6, 6.07) is 9.34. The Morgan fingerprint density at radius 1 is 1.19 bits per heavy atom. The molecular weight excluding hydrogens is 402 g/mol. The van der Waals surface area contributed by atoms with Gasteiger partial charge in [-0.15, -0.1) is 0 Å². The summed E-state index contributed by atoms with van der Waals surface area (Å²) in [6.07, 6.45) is 0. The molecule has 9 heteroatoms. The number of amides is 1. The predicted molar refractivity (Wildman–Crippen MR) is 99.2 cm³/mol. The smallest absolute Gasteiger partial charge is 0.244 e. The molecule has 0 spiro atoms. The first-order chi connectivity index (χ1) is 12.1. The van der Waals surface area contributed by atoms with Crippen LogP contribution in [0.4, 0.5) is 4.39 Å². The van der Waals surface area contributed by atoms with Crippen molar-refractivity contribution in [2.75, 3.05) is 13.6 Å². The van der Waals surface area contributed by atoms with E-state index < -0.39 is 28.5 Å². The minimum atomic E-state index is -3.99. The summed E-state index contributed by atoms with van der Waals surface area (Å²) in [7, 11) is -2.71. The fourth-order valence-electron chi connectivity index (χ4n) is 2.25. The zero-order valence-corrected chi connectivity index (χ0v) is 16.4. The van der Waals surface area contributed by atoms with E-state index in [2.05, 4.69) is 5.32 Å². The molecule has 1 N–H and O–H groups in total. The highest BCUT2D eigenvalue weighted by atomic mass is 35.5. The van der Waals surface area contributed by atoms with Gasteiger partial charge in [-0.2, -0.15) is 4.31 Å². The molecule has 2 aromatic carbocycles. The summed E-state index contributed by atoms with van der Waals surface area (Å²) in [6.45, 7) is 1.31. The number of nitrogens with one attached hydrogen (secondary N) is 1. The van der Waals surface area contributed by atoms with Crippen LogP contribution in [0.1, 0.15) is 18.5 Å². The minimum Gasteiger partial charge on any atom is -0.348 e. The molecule has 140 valence electrons. The molecule has 1 atom stereocenters. The summed E-state index contributed by atoms with van der Waals surface area (Å²) < 4.78 is 39.0. The predicted octanol–water partition coefficient (Wildman–Crippen LogP) is 3.63. The van der Waals surface area contributed by atoms with E-state index in [1.165, 1.54) is 37.4 Å². The van der Waals surface area contributed by atoms with E-state index in [1.807, 2.05) is 0 Å². The number of nitrogens with zero attached hydrogens (tertiary/aromatic N) is 1. The number of halogens is 3. The van der Waals surface area contributed by atoms with Crippen molar-refractivity contribution >= 4 is 39.1 Å². The molecule has 0 saturated heterocycles. The van der Waals surface area contributed by atoms with Crippen LogP contribution < -0.4 is 5.32 Å². The second kappa shape index (κ2) is 8.35. The molecule has 2 rings (SSSR count). The van der Waals surface area contributed by atoms with Gasteiger partial charge in [0.15, 0.2) is 0 Å². The van der Waals surface area contributed by atoms with Gasteiger partial charge in [0.1, 0.15) is 10.7 Å². The molecule has 0 saturated carbocycles. The Morgan fingerprint density at radius 2 is 1.81 bits per heavy atom. The number of rotatable bonds is 6. The third kappa shape index (κ3) is 4.94. The topological polar surface area (TPSA) is 66.5 Å². The maximum absolute atomic E-state index is 13.0. The molecule has 0 fully saturated rings. The molecule has 1 amide bonds. The Morgan fingerprint density at radius 3 is 2.42 bits per heavy atom. The van der Waals surface area contributed by atoms with Crippen LogP contribution in [0.2, 0.25) is 10.0 Å². The first kappa shape index (κ1) is 20.6. The van der Waals surface area contributed by atoms with Crippen molar-refractivity contribution in [1.82, 2.24) is 9.62 Å². The number of carbonyl (C=O) groups excluding carboxylic acids is 1. The number of hydrogen-bond donors (Lipinski definition) is 1. The minimum absolute atomic E-state index is 0.0151.